The number of aliphatic hydroxyl groups excluding tert-OH is 1. The number of hydrogen-bond donors (Lipinski definition) is 2. The van der Waals surface area contributed by atoms with E-state index in [1.165, 1.54) is 30.6 Å². The van der Waals surface area contributed by atoms with E-state index in [4.69, 9.17) is 5.11 Å². The van der Waals surface area contributed by atoms with E-state index in [9.17, 15) is 9.59 Å². The van der Waals surface area contributed by atoms with Crippen LogP contribution in [0.5, 0.6) is 0 Å². The minimum Gasteiger partial charge on any atom is -0.387 e. The summed E-state index contributed by atoms with van der Waals surface area (Å²) in [6, 6.07) is 9.43. The zero-order valence-electron chi connectivity index (χ0n) is 15.8. The molecule has 0 unspecified atom stereocenters. The molecule has 2 aliphatic rings. The van der Waals surface area contributed by atoms with Crippen LogP contribution in [0.25, 0.3) is 0 Å². The molecule has 1 aliphatic carbocycles. The molecule has 1 spiro atoms. The van der Waals surface area contributed by atoms with Crippen LogP contribution in [0.4, 0.5) is 0 Å². The zero-order chi connectivity index (χ0) is 19.6. The number of nitrogens with one attached hydrogen (secondary N) is 1. The van der Waals surface area contributed by atoms with E-state index in [1.807, 2.05) is 35.2 Å². The van der Waals surface area contributed by atoms with Crippen LogP contribution in [0.3, 0.4) is 0 Å². The van der Waals surface area contributed by atoms with Crippen LogP contribution in [0.2, 0.25) is 0 Å². The van der Waals surface area contributed by atoms with Crippen molar-refractivity contribution in [3.8, 4) is 0 Å². The van der Waals surface area contributed by atoms with Gasteiger partial charge in [0.05, 0.1) is 6.04 Å². The summed E-state index contributed by atoms with van der Waals surface area (Å²) < 4.78 is 0. The van der Waals surface area contributed by atoms with Crippen LogP contribution >= 0.6 is 11.3 Å². The lowest BCUT2D eigenvalue weighted by atomic mass is 9.95. The van der Waals surface area contributed by atoms with Crippen molar-refractivity contribution in [2.24, 2.45) is 5.41 Å². The molecule has 7 heteroatoms. The quantitative estimate of drug-likeness (QED) is 0.782. The molecule has 4 rings (SSSR count). The molecule has 6 nitrogen and oxygen atoms in total. The molecule has 2 amide bonds. The molecule has 0 bridgehead atoms. The fourth-order valence-corrected chi connectivity index (χ4v) is 4.81. The Bertz CT molecular complexity index is 848. The molecule has 28 heavy (non-hydrogen) atoms. The Hall–Kier alpha value is -2.25. The first-order valence-corrected chi connectivity index (χ1v) is 10.7. The van der Waals surface area contributed by atoms with Crippen LogP contribution in [0.1, 0.15) is 52.8 Å². The zero-order valence-corrected chi connectivity index (χ0v) is 16.6. The highest BCUT2D eigenvalue weighted by molar-refractivity contribution is 7.09. The number of hydrogen-bond acceptors (Lipinski definition) is 5. The molecule has 0 radical (unpaired) electrons. The van der Waals surface area contributed by atoms with Crippen molar-refractivity contribution >= 4 is 23.2 Å². The van der Waals surface area contributed by atoms with Gasteiger partial charge < -0.3 is 15.3 Å². The van der Waals surface area contributed by atoms with Crippen molar-refractivity contribution in [1.29, 1.82) is 0 Å². The molecule has 1 saturated carbocycles. The highest BCUT2D eigenvalue weighted by atomic mass is 32.1. The van der Waals surface area contributed by atoms with Crippen LogP contribution in [0, 0.1) is 5.41 Å². The monoisotopic (exact) mass is 399 g/mol. The van der Waals surface area contributed by atoms with Crippen molar-refractivity contribution in [2.45, 2.75) is 38.1 Å². The second kappa shape index (κ2) is 8.01. The Balaban J connectivity index is 1.50. The third kappa shape index (κ3) is 4.25. The molecule has 1 aromatic heterocycles. The molecule has 2 aromatic rings. The average molecular weight is 400 g/mol. The standard InChI is InChI=1S/C21H25N3O3S/c25-12-18(26)22-16(11-15-5-2-1-3-6-15)19-23-17(13-28-19)20(27)24-10-4-7-21(14-24)8-9-21/h1-3,5-6,13,16,25H,4,7-12,14H2,(H,22,26)/t16-/m1/s1. The summed E-state index contributed by atoms with van der Waals surface area (Å²) in [5, 5.41) is 14.4. The minimum absolute atomic E-state index is 0.0135. The maximum Gasteiger partial charge on any atom is 0.273 e. The molecule has 1 aliphatic heterocycles. The predicted molar refractivity (Wildman–Crippen MR) is 107 cm³/mol. The van der Waals surface area contributed by atoms with Crippen LogP contribution in [-0.4, -0.2) is 46.5 Å². The molecular weight excluding hydrogens is 374 g/mol. The third-order valence-electron chi connectivity index (χ3n) is 5.71. The fourth-order valence-electron chi connectivity index (χ4n) is 3.96. The Morgan fingerprint density at radius 1 is 1.25 bits per heavy atom. The SMILES string of the molecule is O=C(CO)N[C@H](Cc1ccccc1)c1nc(C(=O)N2CCCC3(CC3)C2)cs1. The van der Waals surface area contributed by atoms with Gasteiger partial charge in [-0.05, 0) is 43.1 Å². The number of rotatable bonds is 6. The summed E-state index contributed by atoms with van der Waals surface area (Å²) in [4.78, 5) is 31.2. The smallest absolute Gasteiger partial charge is 0.273 e. The fraction of sp³-hybridized carbons (Fsp3) is 0.476. The van der Waals surface area contributed by atoms with E-state index in [0.29, 0.717) is 22.5 Å². The van der Waals surface area contributed by atoms with Crippen LogP contribution < -0.4 is 5.32 Å². The average Bonchev–Trinajstić information content (AvgIpc) is 3.27. The number of carbonyl (C=O) groups is 2. The predicted octanol–water partition coefficient (Wildman–Crippen LogP) is 2.55. The van der Waals surface area contributed by atoms with Gasteiger partial charge in [-0.15, -0.1) is 11.3 Å². The van der Waals surface area contributed by atoms with E-state index in [-0.39, 0.29) is 11.9 Å². The van der Waals surface area contributed by atoms with Crippen molar-refractivity contribution in [3.63, 3.8) is 0 Å². The first kappa shape index (κ1) is 19.1. The Morgan fingerprint density at radius 3 is 2.75 bits per heavy atom. The lowest BCUT2D eigenvalue weighted by molar-refractivity contribution is -0.124. The van der Waals surface area contributed by atoms with Gasteiger partial charge in [0.25, 0.3) is 5.91 Å². The van der Waals surface area contributed by atoms with Crippen LogP contribution in [0.15, 0.2) is 35.7 Å². The van der Waals surface area contributed by atoms with E-state index in [2.05, 4.69) is 10.3 Å². The summed E-state index contributed by atoms with van der Waals surface area (Å²) in [5.41, 5.74) is 1.88. The molecule has 2 heterocycles. The summed E-state index contributed by atoms with van der Waals surface area (Å²) in [5.74, 6) is -0.462. The molecular formula is C21H25N3O3S. The largest absolute Gasteiger partial charge is 0.387 e. The molecule has 1 atom stereocenters. The third-order valence-corrected chi connectivity index (χ3v) is 6.66. The van der Waals surface area contributed by atoms with Gasteiger partial charge in [-0.2, -0.15) is 0 Å². The lowest BCUT2D eigenvalue weighted by Crippen LogP contribution is -2.41. The van der Waals surface area contributed by atoms with Crippen molar-refractivity contribution in [2.75, 3.05) is 19.7 Å². The van der Waals surface area contributed by atoms with Crippen molar-refractivity contribution in [3.05, 3.63) is 52.0 Å². The summed E-state index contributed by atoms with van der Waals surface area (Å²) in [7, 11) is 0. The van der Waals surface area contributed by atoms with E-state index in [1.54, 1.807) is 5.38 Å². The number of likely N-dealkylation sites (tertiary alicyclic amines) is 1. The van der Waals surface area contributed by atoms with E-state index in [0.717, 1.165) is 25.1 Å². The van der Waals surface area contributed by atoms with Crippen LogP contribution in [-0.2, 0) is 11.2 Å². The van der Waals surface area contributed by atoms with Gasteiger partial charge in [0.1, 0.15) is 17.3 Å². The Morgan fingerprint density at radius 2 is 2.04 bits per heavy atom. The highest BCUT2D eigenvalue weighted by Crippen LogP contribution is 2.52. The first-order chi connectivity index (χ1) is 13.6. The molecule has 148 valence electrons. The number of aromatic nitrogens is 1. The van der Waals surface area contributed by atoms with Gasteiger partial charge in [-0.25, -0.2) is 4.98 Å². The maximum atomic E-state index is 12.9. The second-order valence-corrected chi connectivity index (χ2v) is 8.76. The Labute approximate surface area is 168 Å². The van der Waals surface area contributed by atoms with E-state index >= 15 is 0 Å². The topological polar surface area (TPSA) is 82.5 Å². The first-order valence-electron chi connectivity index (χ1n) is 9.77. The molecule has 1 aromatic carbocycles. The van der Waals surface area contributed by atoms with Gasteiger partial charge >= 0.3 is 0 Å². The van der Waals surface area contributed by atoms with Gasteiger partial charge in [-0.3, -0.25) is 9.59 Å². The summed E-state index contributed by atoms with van der Waals surface area (Å²) >= 11 is 1.38. The van der Waals surface area contributed by atoms with Crippen molar-refractivity contribution < 1.29 is 14.7 Å². The maximum absolute atomic E-state index is 12.9. The number of amides is 2. The summed E-state index contributed by atoms with van der Waals surface area (Å²) in [6.07, 6.45) is 5.30. The molecule has 1 saturated heterocycles. The minimum atomic E-state index is -0.571. The number of nitrogens with zero attached hydrogens (tertiary/aromatic N) is 2. The van der Waals surface area contributed by atoms with Gasteiger partial charge in [0.15, 0.2) is 0 Å². The number of carbonyl (C=O) groups excluding carboxylic acids is 2. The highest BCUT2D eigenvalue weighted by Gasteiger charge is 2.46. The van der Waals surface area contributed by atoms with Gasteiger partial charge in [-0.1, -0.05) is 30.3 Å². The van der Waals surface area contributed by atoms with E-state index < -0.39 is 12.5 Å². The number of aliphatic hydroxyl groups is 1. The van der Waals surface area contributed by atoms with Crippen molar-refractivity contribution in [1.82, 2.24) is 15.2 Å². The summed E-state index contributed by atoms with van der Waals surface area (Å²) in [6.45, 7) is 1.06. The van der Waals surface area contributed by atoms with Gasteiger partial charge in [0.2, 0.25) is 5.91 Å². The molecule has 2 N–H and O–H groups in total. The normalized spacial score (nSPS) is 18.7. The van der Waals surface area contributed by atoms with Gasteiger partial charge in [0, 0.05) is 18.5 Å². The molecule has 2 fully saturated rings. The second-order valence-electron chi connectivity index (χ2n) is 7.87. The lowest BCUT2D eigenvalue weighted by Gasteiger charge is -2.32. The number of thiazole rings is 1. The Kier molecular flexibility index (Phi) is 5.46. The number of piperidine rings is 1. The number of benzene rings is 1.